The second-order valence-electron chi connectivity index (χ2n) is 6.68. The third-order valence-corrected chi connectivity index (χ3v) is 5.10. The van der Waals surface area contributed by atoms with E-state index in [4.69, 9.17) is 0 Å². The number of nitrogens with zero attached hydrogens (tertiary/aromatic N) is 1. The zero-order valence-electron chi connectivity index (χ0n) is 14.5. The molecule has 0 saturated carbocycles. The third-order valence-electron chi connectivity index (χ3n) is 5.10. The van der Waals surface area contributed by atoms with E-state index in [-0.39, 0.29) is 30.3 Å². The van der Waals surface area contributed by atoms with E-state index in [9.17, 15) is 9.59 Å². The van der Waals surface area contributed by atoms with Crippen molar-refractivity contribution in [2.45, 2.75) is 70.9 Å². The van der Waals surface area contributed by atoms with Crippen molar-refractivity contribution in [2.24, 2.45) is 5.92 Å². The summed E-state index contributed by atoms with van der Waals surface area (Å²) in [5.74, 6) is 0.619. The number of nitrogens with one attached hydrogen (secondary N) is 2. The average Bonchev–Trinajstić information content (AvgIpc) is 3.02. The predicted octanol–water partition coefficient (Wildman–Crippen LogP) is 2.09. The Morgan fingerprint density at radius 3 is 2.35 bits per heavy atom. The van der Waals surface area contributed by atoms with Crippen LogP contribution in [0.25, 0.3) is 0 Å². The molecule has 0 radical (unpaired) electrons. The van der Waals surface area contributed by atoms with Gasteiger partial charge in [0.1, 0.15) is 0 Å². The van der Waals surface area contributed by atoms with Crippen molar-refractivity contribution < 1.29 is 9.59 Å². The summed E-state index contributed by atoms with van der Waals surface area (Å²) in [6, 6.07) is 0.594. The van der Waals surface area contributed by atoms with Gasteiger partial charge in [0.25, 0.3) is 0 Å². The Balaban J connectivity index is 0.00000264. The maximum atomic E-state index is 12.3. The summed E-state index contributed by atoms with van der Waals surface area (Å²) in [5, 5.41) is 6.50. The lowest BCUT2D eigenvalue weighted by Gasteiger charge is -2.34. The number of amides is 2. The van der Waals surface area contributed by atoms with E-state index < -0.39 is 0 Å². The van der Waals surface area contributed by atoms with Crippen LogP contribution in [0.5, 0.6) is 0 Å². The summed E-state index contributed by atoms with van der Waals surface area (Å²) >= 11 is 0. The van der Waals surface area contributed by atoms with E-state index in [0.29, 0.717) is 18.4 Å². The van der Waals surface area contributed by atoms with Crippen LogP contribution in [0.3, 0.4) is 0 Å². The first-order valence-electron chi connectivity index (χ1n) is 8.95. The van der Waals surface area contributed by atoms with Crippen molar-refractivity contribution in [1.82, 2.24) is 15.5 Å². The Hall–Kier alpha value is -0.810. The molecule has 0 aromatic rings. The van der Waals surface area contributed by atoms with Gasteiger partial charge in [-0.2, -0.15) is 0 Å². The first-order valence-corrected chi connectivity index (χ1v) is 8.95. The molecule has 5 nitrogen and oxygen atoms in total. The highest BCUT2D eigenvalue weighted by Gasteiger charge is 2.27. The molecule has 2 aliphatic rings. The van der Waals surface area contributed by atoms with E-state index in [1.165, 1.54) is 6.42 Å². The lowest BCUT2D eigenvalue weighted by Crippen LogP contribution is -2.48. The van der Waals surface area contributed by atoms with Crippen LogP contribution in [0.15, 0.2) is 0 Å². The third kappa shape index (κ3) is 5.96. The minimum atomic E-state index is 0. The van der Waals surface area contributed by atoms with Crippen molar-refractivity contribution >= 4 is 24.2 Å². The Morgan fingerprint density at radius 2 is 1.83 bits per heavy atom. The second kappa shape index (κ2) is 10.1. The number of hydrogen-bond acceptors (Lipinski definition) is 3. The summed E-state index contributed by atoms with van der Waals surface area (Å²) in [5.41, 5.74) is 0. The molecule has 2 aliphatic heterocycles. The van der Waals surface area contributed by atoms with Crippen molar-refractivity contribution in [3.63, 3.8) is 0 Å². The summed E-state index contributed by atoms with van der Waals surface area (Å²) in [6.07, 6.45) is 6.48. The Bertz CT molecular complexity index is 374. The molecule has 0 bridgehead atoms. The van der Waals surface area contributed by atoms with Crippen LogP contribution in [-0.2, 0) is 9.59 Å². The van der Waals surface area contributed by atoms with Gasteiger partial charge >= 0.3 is 0 Å². The molecule has 0 spiro atoms. The monoisotopic (exact) mass is 345 g/mol. The molecule has 1 unspecified atom stereocenters. The zero-order chi connectivity index (χ0) is 15.9. The molecule has 0 aliphatic carbocycles. The second-order valence-corrected chi connectivity index (χ2v) is 6.68. The smallest absolute Gasteiger partial charge is 0.225 e. The van der Waals surface area contributed by atoms with Gasteiger partial charge in [-0.15, -0.1) is 12.4 Å². The average molecular weight is 346 g/mol. The molecule has 2 N–H and O–H groups in total. The number of rotatable bonds is 6. The first-order chi connectivity index (χ1) is 10.6. The van der Waals surface area contributed by atoms with Crippen LogP contribution in [-0.4, -0.2) is 48.4 Å². The van der Waals surface area contributed by atoms with E-state index in [1.807, 2.05) is 4.90 Å². The number of piperidine rings is 1. The fourth-order valence-electron chi connectivity index (χ4n) is 3.58. The van der Waals surface area contributed by atoms with Gasteiger partial charge in [-0.3, -0.25) is 9.59 Å². The van der Waals surface area contributed by atoms with Gasteiger partial charge in [0.05, 0.1) is 0 Å². The highest BCUT2D eigenvalue weighted by atomic mass is 35.5. The fourth-order valence-corrected chi connectivity index (χ4v) is 3.58. The van der Waals surface area contributed by atoms with Gasteiger partial charge in [-0.05, 0) is 45.1 Å². The number of carbonyl (C=O) groups excluding carboxylic acids is 2. The van der Waals surface area contributed by atoms with Crippen LogP contribution in [0, 0.1) is 5.92 Å². The van der Waals surface area contributed by atoms with Crippen LogP contribution in [0.4, 0.5) is 0 Å². The molecule has 2 heterocycles. The van der Waals surface area contributed by atoms with E-state index in [1.54, 1.807) is 0 Å². The maximum absolute atomic E-state index is 12.3. The van der Waals surface area contributed by atoms with Gasteiger partial charge in [0, 0.05) is 37.5 Å². The van der Waals surface area contributed by atoms with Gasteiger partial charge in [-0.25, -0.2) is 0 Å². The van der Waals surface area contributed by atoms with Crippen molar-refractivity contribution in [3.8, 4) is 0 Å². The first kappa shape index (κ1) is 20.2. The van der Waals surface area contributed by atoms with Crippen LogP contribution < -0.4 is 10.6 Å². The minimum absolute atomic E-state index is 0. The molecule has 0 aromatic heterocycles. The minimum Gasteiger partial charge on any atom is -0.353 e. The molecule has 6 heteroatoms. The molecular weight excluding hydrogens is 314 g/mol. The number of hydrogen-bond donors (Lipinski definition) is 2. The number of halogens is 1. The summed E-state index contributed by atoms with van der Waals surface area (Å²) in [6.45, 7) is 6.75. The molecule has 23 heavy (non-hydrogen) atoms. The van der Waals surface area contributed by atoms with Gasteiger partial charge in [0.2, 0.25) is 11.8 Å². The molecule has 2 amide bonds. The largest absolute Gasteiger partial charge is 0.353 e. The molecule has 2 saturated heterocycles. The lowest BCUT2D eigenvalue weighted by molar-refractivity contribution is -0.137. The Kier molecular flexibility index (Phi) is 8.92. The van der Waals surface area contributed by atoms with E-state index in [0.717, 1.165) is 51.7 Å². The summed E-state index contributed by atoms with van der Waals surface area (Å²) in [7, 11) is 0. The maximum Gasteiger partial charge on any atom is 0.225 e. The molecular formula is C17H32ClN3O2. The number of likely N-dealkylation sites (tertiary alicyclic amines) is 1. The highest BCUT2D eigenvalue weighted by molar-refractivity contribution is 5.85. The van der Waals surface area contributed by atoms with E-state index in [2.05, 4.69) is 24.5 Å². The molecule has 2 fully saturated rings. The molecule has 0 aromatic carbocycles. The summed E-state index contributed by atoms with van der Waals surface area (Å²) < 4.78 is 0. The van der Waals surface area contributed by atoms with Crippen LogP contribution in [0.1, 0.15) is 58.8 Å². The van der Waals surface area contributed by atoms with Crippen LogP contribution in [0.2, 0.25) is 0 Å². The summed E-state index contributed by atoms with van der Waals surface area (Å²) in [4.78, 5) is 26.4. The predicted molar refractivity (Wildman–Crippen MR) is 94.7 cm³/mol. The van der Waals surface area contributed by atoms with Gasteiger partial charge in [0.15, 0.2) is 0 Å². The highest BCUT2D eigenvalue weighted by Crippen LogP contribution is 2.17. The Labute approximate surface area is 146 Å². The van der Waals surface area contributed by atoms with Gasteiger partial charge in [-0.1, -0.05) is 13.8 Å². The molecule has 2 rings (SSSR count). The molecule has 1 atom stereocenters. The molecule has 134 valence electrons. The number of carbonyl (C=O) groups is 2. The SMILES string of the molecule is CCC(CC)C(=O)N1CCC(NC(=O)CC2CCCN2)CC1.Cl. The fraction of sp³-hybridized carbons (Fsp3) is 0.882. The van der Waals surface area contributed by atoms with Gasteiger partial charge < -0.3 is 15.5 Å². The Morgan fingerprint density at radius 1 is 1.17 bits per heavy atom. The lowest BCUT2D eigenvalue weighted by atomic mass is 9.98. The quantitative estimate of drug-likeness (QED) is 0.775. The normalized spacial score (nSPS) is 22.0. The standard InChI is InChI=1S/C17H31N3O2.ClH/c1-3-13(4-2)17(22)20-10-7-14(8-11-20)19-16(21)12-15-6-5-9-18-15;/h13-15,18H,3-12H2,1-2H3,(H,19,21);1H. The van der Waals surface area contributed by atoms with Crippen molar-refractivity contribution in [3.05, 3.63) is 0 Å². The van der Waals surface area contributed by atoms with E-state index >= 15 is 0 Å². The van der Waals surface area contributed by atoms with Crippen LogP contribution >= 0.6 is 12.4 Å². The van der Waals surface area contributed by atoms with Crippen molar-refractivity contribution in [1.29, 1.82) is 0 Å². The van der Waals surface area contributed by atoms with Crippen molar-refractivity contribution in [2.75, 3.05) is 19.6 Å². The topological polar surface area (TPSA) is 61.4 Å². The zero-order valence-corrected chi connectivity index (χ0v) is 15.3.